The number of hydrogen-bond donors (Lipinski definition) is 1. The van der Waals surface area contributed by atoms with Gasteiger partial charge >= 0.3 is 6.18 Å². The normalized spacial score (nSPS) is 11.5. The maximum absolute atomic E-state index is 13.1. The van der Waals surface area contributed by atoms with Crippen LogP contribution in [0.25, 0.3) is 10.9 Å². The molecule has 0 spiro atoms. The number of halogens is 4. The van der Waals surface area contributed by atoms with E-state index in [1.165, 1.54) is 48.5 Å². The lowest BCUT2D eigenvalue weighted by Crippen LogP contribution is -2.15. The molecule has 0 atom stereocenters. The lowest BCUT2D eigenvalue weighted by atomic mass is 10.1. The highest BCUT2D eigenvalue weighted by atomic mass is 19.4. The Kier molecular flexibility index (Phi) is 4.39. The van der Waals surface area contributed by atoms with E-state index in [4.69, 9.17) is 0 Å². The number of pyridine rings is 1. The lowest BCUT2D eigenvalue weighted by Gasteiger charge is -2.11. The number of rotatable bonds is 3. The molecule has 3 aromatic rings. The minimum absolute atomic E-state index is 0.193. The summed E-state index contributed by atoms with van der Waals surface area (Å²) in [5.41, 5.74) is -0.431. The zero-order chi connectivity index (χ0) is 18.0. The van der Waals surface area contributed by atoms with Crippen molar-refractivity contribution in [2.75, 3.05) is 5.32 Å². The molecule has 3 nitrogen and oxygen atoms in total. The second-order valence-corrected chi connectivity index (χ2v) is 5.41. The maximum atomic E-state index is 13.1. The van der Waals surface area contributed by atoms with Crippen LogP contribution in [0.1, 0.15) is 11.3 Å². The van der Waals surface area contributed by atoms with Crippen molar-refractivity contribution in [3.8, 4) is 0 Å². The second-order valence-electron chi connectivity index (χ2n) is 5.41. The summed E-state index contributed by atoms with van der Waals surface area (Å²) in [5, 5.41) is 2.89. The molecule has 0 aliphatic carbocycles. The van der Waals surface area contributed by atoms with E-state index in [2.05, 4.69) is 10.3 Å². The lowest BCUT2D eigenvalue weighted by molar-refractivity contribution is -0.136. The van der Waals surface area contributed by atoms with Gasteiger partial charge in [-0.25, -0.2) is 4.39 Å². The van der Waals surface area contributed by atoms with Gasteiger partial charge in [0.25, 0.3) is 0 Å². The average Bonchev–Trinajstić information content (AvgIpc) is 2.55. The zero-order valence-corrected chi connectivity index (χ0v) is 12.8. The number of fused-ring (bicyclic) bond motifs is 1. The van der Waals surface area contributed by atoms with Gasteiger partial charge in [-0.1, -0.05) is 18.2 Å². The van der Waals surface area contributed by atoms with Gasteiger partial charge in [0.05, 0.1) is 23.2 Å². The van der Waals surface area contributed by atoms with E-state index < -0.39 is 23.5 Å². The quantitative estimate of drug-likeness (QED) is 0.705. The van der Waals surface area contributed by atoms with Crippen LogP contribution in [0.2, 0.25) is 0 Å². The largest absolute Gasteiger partial charge is 0.418 e. The van der Waals surface area contributed by atoms with Gasteiger partial charge in [-0.05, 0) is 36.4 Å². The molecule has 0 bridgehead atoms. The minimum Gasteiger partial charge on any atom is -0.326 e. The molecule has 0 fully saturated rings. The van der Waals surface area contributed by atoms with E-state index in [1.807, 2.05) is 0 Å². The Morgan fingerprint density at radius 1 is 1.00 bits per heavy atom. The summed E-state index contributed by atoms with van der Waals surface area (Å²) in [6.07, 6.45) is -4.72. The summed E-state index contributed by atoms with van der Waals surface area (Å²) in [6.45, 7) is 0. The number of alkyl halides is 3. The number of carbonyl (C=O) groups is 1. The second kappa shape index (κ2) is 6.51. The molecule has 0 aliphatic heterocycles. The van der Waals surface area contributed by atoms with Crippen molar-refractivity contribution in [2.45, 2.75) is 12.6 Å². The van der Waals surface area contributed by atoms with Crippen molar-refractivity contribution in [3.63, 3.8) is 0 Å². The molecule has 7 heteroatoms. The number of nitrogens with zero attached hydrogens (tertiary/aromatic N) is 1. The van der Waals surface area contributed by atoms with Crippen molar-refractivity contribution in [1.82, 2.24) is 4.98 Å². The van der Waals surface area contributed by atoms with Crippen molar-refractivity contribution in [1.29, 1.82) is 0 Å². The molecular weight excluding hydrogens is 336 g/mol. The first-order valence-electron chi connectivity index (χ1n) is 7.34. The molecule has 0 saturated heterocycles. The third-order valence-corrected chi connectivity index (χ3v) is 3.55. The third kappa shape index (κ3) is 3.93. The predicted molar refractivity (Wildman–Crippen MR) is 85.5 cm³/mol. The van der Waals surface area contributed by atoms with Crippen LogP contribution in [0, 0.1) is 5.82 Å². The Bertz CT molecular complexity index is 921. The van der Waals surface area contributed by atoms with Gasteiger partial charge in [0, 0.05) is 11.1 Å². The highest BCUT2D eigenvalue weighted by Crippen LogP contribution is 2.33. The van der Waals surface area contributed by atoms with E-state index in [-0.39, 0.29) is 17.6 Å². The van der Waals surface area contributed by atoms with Gasteiger partial charge in [-0.3, -0.25) is 9.78 Å². The van der Waals surface area contributed by atoms with Crippen LogP contribution >= 0.6 is 0 Å². The Balaban J connectivity index is 1.84. The average molecular weight is 348 g/mol. The topological polar surface area (TPSA) is 42.0 Å². The van der Waals surface area contributed by atoms with Crippen LogP contribution in [-0.2, 0) is 17.4 Å². The highest BCUT2D eigenvalue weighted by Gasteiger charge is 2.33. The first-order chi connectivity index (χ1) is 11.8. The molecule has 1 N–H and O–H groups in total. The van der Waals surface area contributed by atoms with Crippen LogP contribution < -0.4 is 5.32 Å². The number of nitrogens with one attached hydrogen (secondary N) is 1. The summed E-state index contributed by atoms with van der Waals surface area (Å²) in [7, 11) is 0. The van der Waals surface area contributed by atoms with Crippen molar-refractivity contribution >= 4 is 22.5 Å². The molecule has 1 heterocycles. The Morgan fingerprint density at radius 2 is 1.72 bits per heavy atom. The fraction of sp³-hybridized carbons (Fsp3) is 0.111. The summed E-state index contributed by atoms with van der Waals surface area (Å²) in [5.74, 6) is -0.892. The third-order valence-electron chi connectivity index (χ3n) is 3.55. The first kappa shape index (κ1) is 16.9. The number of benzene rings is 2. The molecule has 0 aliphatic rings. The Morgan fingerprint density at radius 3 is 2.40 bits per heavy atom. The number of carbonyl (C=O) groups excluding carboxylic acids is 1. The monoisotopic (exact) mass is 348 g/mol. The fourth-order valence-corrected chi connectivity index (χ4v) is 2.42. The molecule has 0 saturated carbocycles. The molecule has 1 aromatic heterocycles. The molecule has 3 rings (SSSR count). The molecule has 1 amide bonds. The van der Waals surface area contributed by atoms with Crippen molar-refractivity contribution in [2.24, 2.45) is 0 Å². The van der Waals surface area contributed by atoms with Gasteiger partial charge in [-0.15, -0.1) is 0 Å². The van der Waals surface area contributed by atoms with Gasteiger partial charge < -0.3 is 5.32 Å². The van der Waals surface area contributed by atoms with E-state index in [0.29, 0.717) is 11.1 Å². The van der Waals surface area contributed by atoms with Crippen molar-refractivity contribution in [3.05, 3.63) is 71.7 Å². The summed E-state index contributed by atoms with van der Waals surface area (Å²) in [4.78, 5) is 16.0. The Hall–Kier alpha value is -2.96. The number of aromatic nitrogens is 1. The maximum Gasteiger partial charge on any atom is 0.418 e. The summed E-state index contributed by atoms with van der Waals surface area (Å²) >= 11 is 0. The van der Waals surface area contributed by atoms with Gasteiger partial charge in [-0.2, -0.15) is 13.2 Å². The Labute approximate surface area is 140 Å². The number of anilines is 1. The van der Waals surface area contributed by atoms with Crippen LogP contribution in [0.5, 0.6) is 0 Å². The van der Waals surface area contributed by atoms with Gasteiger partial charge in [0.2, 0.25) is 5.91 Å². The minimum atomic E-state index is -4.53. The van der Waals surface area contributed by atoms with E-state index in [9.17, 15) is 22.4 Å². The van der Waals surface area contributed by atoms with Crippen LogP contribution in [0.15, 0.2) is 54.6 Å². The molecule has 0 unspecified atom stereocenters. The van der Waals surface area contributed by atoms with Crippen molar-refractivity contribution < 1.29 is 22.4 Å². The van der Waals surface area contributed by atoms with Crippen LogP contribution in [0.3, 0.4) is 0 Å². The highest BCUT2D eigenvalue weighted by molar-refractivity contribution is 5.92. The molecular formula is C18H12F4N2O. The number of hydrogen-bond acceptors (Lipinski definition) is 2. The summed E-state index contributed by atoms with van der Waals surface area (Å²) in [6, 6.07) is 12.0. The number of para-hydroxylation sites is 1. The zero-order valence-electron chi connectivity index (χ0n) is 12.8. The van der Waals surface area contributed by atoms with E-state index in [1.54, 1.807) is 0 Å². The van der Waals surface area contributed by atoms with Gasteiger partial charge in [0.1, 0.15) is 5.82 Å². The predicted octanol–water partition coefficient (Wildman–Crippen LogP) is 4.57. The molecule has 2 aromatic carbocycles. The van der Waals surface area contributed by atoms with Crippen LogP contribution in [0.4, 0.5) is 23.2 Å². The molecule has 128 valence electrons. The summed E-state index contributed by atoms with van der Waals surface area (Å²) < 4.78 is 52.1. The van der Waals surface area contributed by atoms with E-state index >= 15 is 0 Å². The van der Waals surface area contributed by atoms with E-state index in [0.717, 1.165) is 6.07 Å². The fourth-order valence-electron chi connectivity index (χ4n) is 2.42. The first-order valence-corrected chi connectivity index (χ1v) is 7.34. The molecule has 25 heavy (non-hydrogen) atoms. The SMILES string of the molecule is O=C(Cc1ccc2cccc(C(F)(F)F)c2n1)Nc1ccc(F)cc1. The molecule has 0 radical (unpaired) electrons. The number of amides is 1. The van der Waals surface area contributed by atoms with Gasteiger partial charge in [0.15, 0.2) is 0 Å². The smallest absolute Gasteiger partial charge is 0.326 e. The van der Waals surface area contributed by atoms with Crippen LogP contribution in [-0.4, -0.2) is 10.9 Å². The standard InChI is InChI=1S/C18H12F4N2O/c19-12-5-8-13(9-6-12)23-16(25)10-14-7-4-11-2-1-3-15(17(11)24-14)18(20,21)22/h1-9H,10H2,(H,23,25).